The molecule has 3 aromatic carbocycles. The van der Waals surface area contributed by atoms with E-state index < -0.39 is 0 Å². The Labute approximate surface area is 283 Å². The number of piperazine rings is 1. The first-order valence-electron chi connectivity index (χ1n) is 17.8. The summed E-state index contributed by atoms with van der Waals surface area (Å²) >= 11 is 0. The molecule has 8 rings (SSSR count). The van der Waals surface area contributed by atoms with E-state index in [1.165, 1.54) is 24.1 Å². The first-order chi connectivity index (χ1) is 23.2. The summed E-state index contributed by atoms with van der Waals surface area (Å²) in [6, 6.07) is 23.4. The lowest BCUT2D eigenvalue weighted by Crippen LogP contribution is -2.57. The van der Waals surface area contributed by atoms with Gasteiger partial charge in [-0.15, -0.1) is 0 Å². The van der Waals surface area contributed by atoms with Gasteiger partial charge in [0.25, 0.3) is 5.56 Å². The number of hydrogen-bond acceptors (Lipinski definition) is 4. The fraction of sp³-hybridized carbons (Fsp3) is 0.475. The summed E-state index contributed by atoms with van der Waals surface area (Å²) < 4.78 is 15.4. The Kier molecular flexibility index (Phi) is 9.12. The molecule has 2 bridgehead atoms. The Bertz CT molecular complexity index is 1830. The molecule has 3 aliphatic carbocycles. The number of anilines is 1. The fourth-order valence-electron chi connectivity index (χ4n) is 8.46. The van der Waals surface area contributed by atoms with Crippen LogP contribution in [-0.2, 0) is 25.8 Å². The summed E-state index contributed by atoms with van der Waals surface area (Å²) in [4.78, 5) is 27.0. The van der Waals surface area contributed by atoms with Crippen LogP contribution in [0, 0.1) is 29.0 Å². The lowest BCUT2D eigenvalue weighted by molar-refractivity contribution is -0.108. The molecular weight excluding hydrogens is 599 g/mol. The van der Waals surface area contributed by atoms with Crippen LogP contribution in [-0.4, -0.2) is 52.1 Å². The maximum absolute atomic E-state index is 14.0. The zero-order chi connectivity index (χ0) is 33.4. The lowest BCUT2D eigenvalue weighted by Gasteiger charge is -2.61. The van der Waals surface area contributed by atoms with Crippen LogP contribution in [0.1, 0.15) is 57.5 Å². The number of hydrogen-bond donors (Lipinski definition) is 2. The van der Waals surface area contributed by atoms with Crippen molar-refractivity contribution in [2.75, 3.05) is 25.0 Å². The van der Waals surface area contributed by atoms with Crippen molar-refractivity contribution in [3.63, 3.8) is 0 Å². The molecule has 7 nitrogen and oxygen atoms in total. The van der Waals surface area contributed by atoms with Crippen LogP contribution in [0.3, 0.4) is 0 Å². The predicted octanol–water partition coefficient (Wildman–Crippen LogP) is 6.70. The highest BCUT2D eigenvalue weighted by atomic mass is 19.1. The molecule has 4 aliphatic rings. The summed E-state index contributed by atoms with van der Waals surface area (Å²) in [6.07, 6.45) is 4.51. The molecule has 0 radical (unpaired) electrons. The molecule has 5 unspecified atom stereocenters. The van der Waals surface area contributed by atoms with Crippen LogP contribution in [0.4, 0.5) is 10.1 Å². The Morgan fingerprint density at radius 3 is 2.50 bits per heavy atom. The molecule has 252 valence electrons. The van der Waals surface area contributed by atoms with Crippen LogP contribution >= 0.6 is 0 Å². The van der Waals surface area contributed by atoms with Crippen LogP contribution in [0.15, 0.2) is 82.6 Å². The van der Waals surface area contributed by atoms with Gasteiger partial charge >= 0.3 is 0 Å². The number of nitrogens with one attached hydrogen (secondary N) is 2. The largest absolute Gasteiger partial charge is 0.340 e. The third kappa shape index (κ3) is 6.64. The average Bonchev–Trinajstić information content (AvgIpc) is 3.08. The third-order valence-corrected chi connectivity index (χ3v) is 11.6. The van der Waals surface area contributed by atoms with Gasteiger partial charge in [0.1, 0.15) is 11.6 Å². The number of aliphatic imine (C=N–C) groups is 1. The molecule has 1 aromatic heterocycles. The zero-order valence-corrected chi connectivity index (χ0v) is 28.8. The SMILES string of the molecule is CC1CN(C(=NC2CC3CC(C2C)C3(C)C)Nc2ccc3c(=O)n(CCc4ccc(F)cc4)c(CCc4ccccc4)nc3c2)CCN1. The van der Waals surface area contributed by atoms with E-state index >= 15 is 0 Å². The number of aryl methyl sites for hydroxylation is 3. The number of rotatable bonds is 8. The van der Waals surface area contributed by atoms with Gasteiger partial charge in [-0.3, -0.25) is 9.36 Å². The second-order valence-electron chi connectivity index (χ2n) is 15.0. The topological polar surface area (TPSA) is 74.5 Å². The number of guanidine groups is 1. The summed E-state index contributed by atoms with van der Waals surface area (Å²) in [5.41, 5.74) is 4.14. The summed E-state index contributed by atoms with van der Waals surface area (Å²) in [6.45, 7) is 12.7. The Balaban J connectivity index is 1.20. The number of nitrogens with zero attached hydrogens (tertiary/aromatic N) is 4. The van der Waals surface area contributed by atoms with E-state index in [1.54, 1.807) is 12.1 Å². The van der Waals surface area contributed by atoms with Crippen molar-refractivity contribution in [1.82, 2.24) is 19.8 Å². The van der Waals surface area contributed by atoms with Crippen molar-refractivity contribution in [2.24, 2.45) is 28.2 Å². The average molecular weight is 649 g/mol. The van der Waals surface area contributed by atoms with Gasteiger partial charge in [-0.05, 0) is 97.2 Å². The summed E-state index contributed by atoms with van der Waals surface area (Å²) in [5.74, 6) is 3.43. The fourth-order valence-corrected chi connectivity index (χ4v) is 8.46. The van der Waals surface area contributed by atoms with Gasteiger partial charge in [0.15, 0.2) is 5.96 Å². The van der Waals surface area contributed by atoms with E-state index in [1.807, 2.05) is 41.0 Å². The van der Waals surface area contributed by atoms with Crippen LogP contribution in [0.2, 0.25) is 0 Å². The first kappa shape index (κ1) is 32.5. The monoisotopic (exact) mass is 648 g/mol. The molecule has 5 atom stereocenters. The smallest absolute Gasteiger partial charge is 0.261 e. The molecule has 8 heteroatoms. The Morgan fingerprint density at radius 1 is 1.00 bits per heavy atom. The number of benzene rings is 3. The van der Waals surface area contributed by atoms with E-state index in [0.717, 1.165) is 67.3 Å². The van der Waals surface area contributed by atoms with Gasteiger partial charge in [0.05, 0.1) is 16.9 Å². The van der Waals surface area contributed by atoms with Crippen LogP contribution in [0.25, 0.3) is 10.9 Å². The van der Waals surface area contributed by atoms with Gasteiger partial charge in [0.2, 0.25) is 0 Å². The minimum Gasteiger partial charge on any atom is -0.340 e. The summed E-state index contributed by atoms with van der Waals surface area (Å²) in [5, 5.41) is 7.88. The predicted molar refractivity (Wildman–Crippen MR) is 193 cm³/mol. The van der Waals surface area contributed by atoms with E-state index in [9.17, 15) is 9.18 Å². The minimum absolute atomic E-state index is 0.0422. The molecule has 4 fully saturated rings. The van der Waals surface area contributed by atoms with Crippen molar-refractivity contribution in [3.8, 4) is 0 Å². The molecule has 0 spiro atoms. The van der Waals surface area contributed by atoms with Crippen molar-refractivity contribution < 1.29 is 4.39 Å². The maximum Gasteiger partial charge on any atom is 0.261 e. The van der Waals surface area contributed by atoms with E-state index in [0.29, 0.717) is 53.7 Å². The quantitative estimate of drug-likeness (QED) is 0.164. The standard InChI is InChI=1S/C40H49FN6O/c1-26-25-46(21-19-42-26)39(45-35-23-30-22-34(27(35)2)40(30,3)4)43-32-15-16-33-36(24-32)44-37(17-12-28-8-6-5-7-9-28)47(38(33)48)20-18-29-10-13-31(41)14-11-29/h5-11,13-16,24,26-27,30,34-35,42H,12,17-23,25H2,1-4H3,(H,43,45). The molecule has 0 amide bonds. The molecule has 2 heterocycles. The number of aromatic nitrogens is 2. The van der Waals surface area contributed by atoms with Gasteiger partial charge < -0.3 is 15.5 Å². The highest BCUT2D eigenvalue weighted by molar-refractivity contribution is 5.96. The Hall–Kier alpha value is -4.04. The molecule has 1 saturated heterocycles. The highest BCUT2D eigenvalue weighted by Crippen LogP contribution is 2.61. The maximum atomic E-state index is 14.0. The van der Waals surface area contributed by atoms with E-state index in [2.05, 4.69) is 55.4 Å². The van der Waals surface area contributed by atoms with Gasteiger partial charge in [-0.1, -0.05) is 63.2 Å². The van der Waals surface area contributed by atoms with Crippen LogP contribution < -0.4 is 16.2 Å². The van der Waals surface area contributed by atoms with Gasteiger partial charge in [0, 0.05) is 44.3 Å². The number of halogens is 1. The van der Waals surface area contributed by atoms with Crippen molar-refractivity contribution in [3.05, 3.63) is 106 Å². The molecule has 2 N–H and O–H groups in total. The molecule has 1 aliphatic heterocycles. The van der Waals surface area contributed by atoms with Crippen molar-refractivity contribution >= 4 is 22.5 Å². The van der Waals surface area contributed by atoms with Crippen molar-refractivity contribution in [1.29, 1.82) is 0 Å². The lowest BCUT2D eigenvalue weighted by atomic mass is 9.45. The molecule has 48 heavy (non-hydrogen) atoms. The molecular formula is C40H49FN6O. The molecule has 4 aromatic rings. The number of fused-ring (bicyclic) bond motifs is 3. The van der Waals surface area contributed by atoms with Crippen molar-refractivity contribution in [2.45, 2.75) is 78.4 Å². The normalized spacial score (nSPS) is 25.1. The zero-order valence-electron chi connectivity index (χ0n) is 28.8. The van der Waals surface area contributed by atoms with Gasteiger partial charge in [-0.2, -0.15) is 0 Å². The molecule has 3 saturated carbocycles. The third-order valence-electron chi connectivity index (χ3n) is 11.6. The second-order valence-corrected chi connectivity index (χ2v) is 15.0. The summed E-state index contributed by atoms with van der Waals surface area (Å²) in [7, 11) is 0. The van der Waals surface area contributed by atoms with E-state index in [4.69, 9.17) is 9.98 Å². The van der Waals surface area contributed by atoms with E-state index in [-0.39, 0.29) is 11.4 Å². The minimum atomic E-state index is -0.260. The Morgan fingerprint density at radius 2 is 1.77 bits per heavy atom. The highest BCUT2D eigenvalue weighted by Gasteiger charge is 2.56. The van der Waals surface area contributed by atoms with Gasteiger partial charge in [-0.25, -0.2) is 14.4 Å². The van der Waals surface area contributed by atoms with Crippen LogP contribution in [0.5, 0.6) is 0 Å². The second kappa shape index (κ2) is 13.5. The first-order valence-corrected chi connectivity index (χ1v) is 17.8.